The lowest BCUT2D eigenvalue weighted by Crippen LogP contribution is -2.52. The first-order valence-corrected chi connectivity index (χ1v) is 6.46. The van der Waals surface area contributed by atoms with Gasteiger partial charge in [-0.05, 0) is 61.7 Å². The second-order valence-electron chi connectivity index (χ2n) is 6.35. The van der Waals surface area contributed by atoms with E-state index in [1.54, 1.807) is 0 Å². The number of carboxylic acids is 1. The number of hydrogen-bond donors (Lipinski definition) is 2. The highest BCUT2D eigenvalue weighted by atomic mass is 16.4. The predicted octanol–water partition coefficient (Wildman–Crippen LogP) is 1.90. The summed E-state index contributed by atoms with van der Waals surface area (Å²) in [5, 5.41) is 18.6. The minimum atomic E-state index is -0.788. The molecule has 0 aliphatic heterocycles. The van der Waals surface area contributed by atoms with E-state index < -0.39 is 11.9 Å². The van der Waals surface area contributed by atoms with E-state index in [1.807, 2.05) is 0 Å². The molecule has 3 heteroatoms. The lowest BCUT2D eigenvalue weighted by molar-refractivity contribution is -0.161. The van der Waals surface area contributed by atoms with E-state index in [1.165, 1.54) is 19.3 Å². The largest absolute Gasteiger partial charge is 0.481 e. The Morgan fingerprint density at radius 3 is 1.88 bits per heavy atom. The van der Waals surface area contributed by atoms with Crippen LogP contribution in [0.3, 0.4) is 0 Å². The maximum absolute atomic E-state index is 11.3. The maximum atomic E-state index is 11.3. The molecule has 0 unspecified atom stereocenters. The number of aliphatic carboxylic acids is 1. The Morgan fingerprint density at radius 1 is 1.12 bits per heavy atom. The highest BCUT2D eigenvalue weighted by Crippen LogP contribution is 2.62. The average Bonchev–Trinajstić information content (AvgIpc) is 2.14. The smallest absolute Gasteiger partial charge is 0.309 e. The molecular formula is C13H20O3. The molecule has 2 N–H and O–H groups in total. The quantitative estimate of drug-likeness (QED) is 0.769. The van der Waals surface area contributed by atoms with Crippen LogP contribution in [0.4, 0.5) is 0 Å². The summed E-state index contributed by atoms with van der Waals surface area (Å²) in [5.41, 5.74) is -0.0602. The van der Waals surface area contributed by atoms with Gasteiger partial charge in [-0.2, -0.15) is 0 Å². The number of hydrogen-bond acceptors (Lipinski definition) is 2. The number of aliphatic hydroxyl groups is 1. The third kappa shape index (κ3) is 1.41. The van der Waals surface area contributed by atoms with Crippen LogP contribution in [-0.4, -0.2) is 22.8 Å². The summed E-state index contributed by atoms with van der Waals surface area (Å²) in [6.07, 6.45) is 7.11. The van der Waals surface area contributed by atoms with Gasteiger partial charge in [0.1, 0.15) is 0 Å². The van der Waals surface area contributed by atoms with Crippen molar-refractivity contribution < 1.29 is 15.0 Å². The van der Waals surface area contributed by atoms with E-state index in [4.69, 9.17) is 0 Å². The van der Waals surface area contributed by atoms with E-state index in [2.05, 4.69) is 0 Å². The molecule has 90 valence electrons. The third-order valence-corrected chi connectivity index (χ3v) is 5.31. The molecule has 4 aliphatic carbocycles. The van der Waals surface area contributed by atoms with Crippen molar-refractivity contribution in [3.8, 4) is 0 Å². The molecule has 4 rings (SSSR count). The highest BCUT2D eigenvalue weighted by molar-refractivity contribution is 5.71. The Labute approximate surface area is 95.9 Å². The summed E-state index contributed by atoms with van der Waals surface area (Å²) in [4.78, 5) is 11.3. The topological polar surface area (TPSA) is 57.5 Å². The van der Waals surface area contributed by atoms with Gasteiger partial charge in [0.15, 0.2) is 0 Å². The molecule has 4 bridgehead atoms. The summed E-state index contributed by atoms with van der Waals surface area (Å²) in [5.74, 6) is 0.948. The average molecular weight is 224 g/mol. The van der Waals surface area contributed by atoms with Crippen LogP contribution in [0, 0.1) is 29.1 Å². The Morgan fingerprint density at radius 2 is 1.56 bits per heavy atom. The number of carbonyl (C=O) groups is 1. The molecule has 0 saturated heterocycles. The predicted molar refractivity (Wildman–Crippen MR) is 58.8 cm³/mol. The van der Waals surface area contributed by atoms with Crippen LogP contribution in [-0.2, 0) is 4.79 Å². The fraction of sp³-hybridized carbons (Fsp3) is 0.923. The minimum absolute atomic E-state index is 0.0602. The molecule has 3 nitrogen and oxygen atoms in total. The molecular weight excluding hydrogens is 204 g/mol. The standard InChI is InChI=1S/C13H20O3/c14-7-11(12(15)16)13-4-8-1-9(5-13)3-10(2-8)6-13/h8-11,14H,1-7H2,(H,15,16)/t8?,9?,10?,11-,13?/m0/s1. The molecule has 0 aromatic heterocycles. The van der Waals surface area contributed by atoms with Crippen molar-refractivity contribution >= 4 is 5.97 Å². The van der Waals surface area contributed by atoms with Gasteiger partial charge in [0, 0.05) is 0 Å². The zero-order valence-electron chi connectivity index (χ0n) is 9.56. The van der Waals surface area contributed by atoms with Gasteiger partial charge in [-0.25, -0.2) is 0 Å². The molecule has 4 fully saturated rings. The van der Waals surface area contributed by atoms with Gasteiger partial charge in [-0.15, -0.1) is 0 Å². The lowest BCUT2D eigenvalue weighted by atomic mass is 9.46. The van der Waals surface area contributed by atoms with Gasteiger partial charge in [0.2, 0.25) is 0 Å². The van der Waals surface area contributed by atoms with Gasteiger partial charge in [0.05, 0.1) is 12.5 Å². The monoisotopic (exact) mass is 224 g/mol. The number of carboxylic acid groups (broad SMARTS) is 1. The minimum Gasteiger partial charge on any atom is -0.481 e. The van der Waals surface area contributed by atoms with Crippen molar-refractivity contribution in [2.24, 2.45) is 29.1 Å². The van der Waals surface area contributed by atoms with Crippen LogP contribution in [0.1, 0.15) is 38.5 Å². The van der Waals surface area contributed by atoms with Gasteiger partial charge in [-0.1, -0.05) is 0 Å². The van der Waals surface area contributed by atoms with Gasteiger partial charge >= 0.3 is 5.97 Å². The summed E-state index contributed by atoms with van der Waals surface area (Å²) in [6.45, 7) is -0.179. The molecule has 0 amide bonds. The van der Waals surface area contributed by atoms with Crippen LogP contribution in [0.2, 0.25) is 0 Å². The second-order valence-corrected chi connectivity index (χ2v) is 6.35. The Balaban J connectivity index is 1.90. The van der Waals surface area contributed by atoms with Crippen LogP contribution >= 0.6 is 0 Å². The molecule has 4 saturated carbocycles. The normalized spacial score (nSPS) is 46.9. The molecule has 1 atom stereocenters. The molecule has 0 aromatic carbocycles. The summed E-state index contributed by atoms with van der Waals surface area (Å²) in [6, 6.07) is 0. The second kappa shape index (κ2) is 3.46. The Kier molecular flexibility index (Phi) is 2.29. The maximum Gasteiger partial charge on any atom is 0.309 e. The van der Waals surface area contributed by atoms with Crippen molar-refractivity contribution in [2.75, 3.05) is 6.61 Å². The molecule has 0 aromatic rings. The van der Waals surface area contributed by atoms with E-state index in [0.29, 0.717) is 0 Å². The van der Waals surface area contributed by atoms with Crippen molar-refractivity contribution in [3.63, 3.8) is 0 Å². The fourth-order valence-electron chi connectivity index (χ4n) is 5.14. The van der Waals surface area contributed by atoms with Crippen LogP contribution in [0.25, 0.3) is 0 Å². The van der Waals surface area contributed by atoms with Crippen molar-refractivity contribution in [3.05, 3.63) is 0 Å². The van der Waals surface area contributed by atoms with Crippen LogP contribution in [0.15, 0.2) is 0 Å². The van der Waals surface area contributed by atoms with Gasteiger partial charge in [-0.3, -0.25) is 4.79 Å². The lowest BCUT2D eigenvalue weighted by Gasteiger charge is -2.58. The highest BCUT2D eigenvalue weighted by Gasteiger charge is 2.55. The first-order chi connectivity index (χ1) is 7.63. The fourth-order valence-corrected chi connectivity index (χ4v) is 5.14. The SMILES string of the molecule is O=C(O)[C@H](CO)C12CC3CC(CC(C3)C1)C2. The molecule has 16 heavy (non-hydrogen) atoms. The van der Waals surface area contributed by atoms with Crippen molar-refractivity contribution in [2.45, 2.75) is 38.5 Å². The van der Waals surface area contributed by atoms with E-state index in [0.717, 1.165) is 37.0 Å². The van der Waals surface area contributed by atoms with Gasteiger partial charge in [0.25, 0.3) is 0 Å². The zero-order valence-corrected chi connectivity index (χ0v) is 9.56. The van der Waals surface area contributed by atoms with E-state index >= 15 is 0 Å². The Hall–Kier alpha value is -0.570. The van der Waals surface area contributed by atoms with Crippen molar-refractivity contribution in [1.82, 2.24) is 0 Å². The van der Waals surface area contributed by atoms with E-state index in [-0.39, 0.29) is 12.0 Å². The van der Waals surface area contributed by atoms with Gasteiger partial charge < -0.3 is 10.2 Å². The summed E-state index contributed by atoms with van der Waals surface area (Å²) >= 11 is 0. The zero-order chi connectivity index (χ0) is 11.3. The molecule has 0 radical (unpaired) electrons. The van der Waals surface area contributed by atoms with Crippen molar-refractivity contribution in [1.29, 1.82) is 0 Å². The third-order valence-electron chi connectivity index (χ3n) is 5.31. The summed E-state index contributed by atoms with van der Waals surface area (Å²) < 4.78 is 0. The number of aliphatic hydroxyl groups excluding tert-OH is 1. The summed E-state index contributed by atoms with van der Waals surface area (Å²) in [7, 11) is 0. The van der Waals surface area contributed by atoms with E-state index in [9.17, 15) is 15.0 Å². The van der Waals surface area contributed by atoms with Crippen LogP contribution < -0.4 is 0 Å². The molecule has 4 aliphatic rings. The number of rotatable bonds is 3. The first-order valence-electron chi connectivity index (χ1n) is 6.46. The first kappa shape index (κ1) is 10.6. The Bertz CT molecular complexity index is 275. The molecule has 0 spiro atoms. The molecule has 0 heterocycles. The van der Waals surface area contributed by atoms with Crippen LogP contribution in [0.5, 0.6) is 0 Å².